The largest absolute Gasteiger partial charge is 0.322 e. The lowest BCUT2D eigenvalue weighted by Crippen LogP contribution is -2.47. The molecule has 27 heavy (non-hydrogen) atoms. The molecule has 0 unspecified atom stereocenters. The molecule has 0 fully saturated rings. The Kier molecular flexibility index (Phi) is 6.43. The zero-order chi connectivity index (χ0) is 20.4. The highest BCUT2D eigenvalue weighted by Gasteiger charge is 2.32. The fourth-order valence-corrected chi connectivity index (χ4v) is 3.96. The molecule has 2 aromatic carbocycles. The van der Waals surface area contributed by atoms with Gasteiger partial charge in [-0.15, -0.1) is 0 Å². The maximum atomic E-state index is 13.8. The van der Waals surface area contributed by atoms with E-state index < -0.39 is 33.6 Å². The number of carbonyl (C=O) groups excluding carboxylic acids is 1. The van der Waals surface area contributed by atoms with Gasteiger partial charge in [0.1, 0.15) is 17.7 Å². The van der Waals surface area contributed by atoms with Crippen LogP contribution in [0.1, 0.15) is 18.9 Å². The van der Waals surface area contributed by atoms with Crippen LogP contribution < -0.4 is 9.62 Å². The Morgan fingerprint density at radius 1 is 1.22 bits per heavy atom. The predicted octanol–water partition coefficient (Wildman–Crippen LogP) is 4.11. The van der Waals surface area contributed by atoms with Gasteiger partial charge in [-0.3, -0.25) is 9.10 Å². The van der Waals surface area contributed by atoms with Crippen molar-refractivity contribution in [2.45, 2.75) is 26.3 Å². The SMILES string of the molecule is CC[C@@H](C(=O)Nc1ccc(F)cc1F)N(c1ccc(C)c(Cl)c1)S(C)(=O)=O. The van der Waals surface area contributed by atoms with Gasteiger partial charge < -0.3 is 5.32 Å². The first-order chi connectivity index (χ1) is 12.5. The zero-order valence-electron chi connectivity index (χ0n) is 15.0. The third-order valence-corrected chi connectivity index (χ3v) is 5.52. The van der Waals surface area contributed by atoms with E-state index in [9.17, 15) is 22.0 Å². The van der Waals surface area contributed by atoms with E-state index >= 15 is 0 Å². The van der Waals surface area contributed by atoms with E-state index in [4.69, 9.17) is 11.6 Å². The molecule has 2 rings (SSSR count). The summed E-state index contributed by atoms with van der Waals surface area (Å²) in [5, 5.41) is 2.67. The minimum absolute atomic E-state index is 0.118. The molecule has 1 N–H and O–H groups in total. The Bertz CT molecular complexity index is 967. The van der Waals surface area contributed by atoms with E-state index in [0.717, 1.165) is 28.3 Å². The summed E-state index contributed by atoms with van der Waals surface area (Å²) < 4.78 is 52.6. The molecule has 2 aromatic rings. The van der Waals surface area contributed by atoms with Crippen molar-refractivity contribution in [2.75, 3.05) is 15.9 Å². The Hall–Kier alpha value is -2.19. The summed E-state index contributed by atoms with van der Waals surface area (Å²) in [4.78, 5) is 12.7. The van der Waals surface area contributed by atoms with Gasteiger partial charge in [-0.05, 0) is 43.2 Å². The highest BCUT2D eigenvalue weighted by molar-refractivity contribution is 7.92. The maximum absolute atomic E-state index is 13.8. The van der Waals surface area contributed by atoms with Gasteiger partial charge >= 0.3 is 0 Å². The molecule has 0 bridgehead atoms. The van der Waals surface area contributed by atoms with Gasteiger partial charge in [0, 0.05) is 11.1 Å². The van der Waals surface area contributed by atoms with E-state index in [1.165, 1.54) is 12.1 Å². The number of nitrogens with one attached hydrogen (secondary N) is 1. The highest BCUT2D eigenvalue weighted by Crippen LogP contribution is 2.28. The summed E-state index contributed by atoms with van der Waals surface area (Å²) in [6, 6.07) is 6.17. The second-order valence-electron chi connectivity index (χ2n) is 6.03. The maximum Gasteiger partial charge on any atom is 0.248 e. The van der Waals surface area contributed by atoms with Crippen LogP contribution in [0.15, 0.2) is 36.4 Å². The van der Waals surface area contributed by atoms with Crippen LogP contribution in [-0.2, 0) is 14.8 Å². The molecule has 146 valence electrons. The fourth-order valence-electron chi connectivity index (χ4n) is 2.59. The standard InChI is InChI=1S/C18H19ClF2N2O3S/c1-4-17(18(24)22-16-8-6-12(20)9-15(16)21)23(27(3,25)26)13-7-5-11(2)14(19)10-13/h5-10,17H,4H2,1-3H3,(H,22,24)/t17-/m0/s1. The number of hydrogen-bond acceptors (Lipinski definition) is 3. The molecule has 0 aliphatic rings. The summed E-state index contributed by atoms with van der Waals surface area (Å²) in [5.41, 5.74) is 0.727. The summed E-state index contributed by atoms with van der Waals surface area (Å²) >= 11 is 6.09. The van der Waals surface area contributed by atoms with Crippen LogP contribution in [0.5, 0.6) is 0 Å². The Morgan fingerprint density at radius 3 is 2.41 bits per heavy atom. The molecule has 0 aromatic heterocycles. The molecule has 0 saturated carbocycles. The van der Waals surface area contributed by atoms with E-state index in [1.807, 2.05) is 0 Å². The van der Waals surface area contributed by atoms with Crippen molar-refractivity contribution in [3.8, 4) is 0 Å². The summed E-state index contributed by atoms with van der Waals surface area (Å²) in [7, 11) is -3.85. The smallest absolute Gasteiger partial charge is 0.248 e. The van der Waals surface area contributed by atoms with Crippen molar-refractivity contribution in [3.63, 3.8) is 0 Å². The van der Waals surface area contributed by atoms with Gasteiger partial charge in [-0.2, -0.15) is 0 Å². The third kappa shape index (κ3) is 4.95. The van der Waals surface area contributed by atoms with E-state index in [-0.39, 0.29) is 17.8 Å². The topological polar surface area (TPSA) is 66.5 Å². The average molecular weight is 417 g/mol. The third-order valence-electron chi connectivity index (χ3n) is 3.93. The number of halogens is 3. The molecule has 5 nitrogen and oxygen atoms in total. The monoisotopic (exact) mass is 416 g/mol. The summed E-state index contributed by atoms with van der Waals surface area (Å²) in [5.74, 6) is -2.49. The van der Waals surface area contributed by atoms with E-state index in [0.29, 0.717) is 11.1 Å². The normalized spacial score (nSPS) is 12.5. The number of benzene rings is 2. The Balaban J connectivity index is 2.42. The first kappa shape index (κ1) is 21.1. The van der Waals surface area contributed by atoms with Crippen molar-refractivity contribution in [1.82, 2.24) is 0 Å². The lowest BCUT2D eigenvalue weighted by molar-refractivity contribution is -0.117. The quantitative estimate of drug-likeness (QED) is 0.770. The van der Waals surface area contributed by atoms with Crippen LogP contribution in [0, 0.1) is 18.6 Å². The minimum Gasteiger partial charge on any atom is -0.322 e. The van der Waals surface area contributed by atoms with Crippen molar-refractivity contribution in [2.24, 2.45) is 0 Å². The molecule has 0 heterocycles. The van der Waals surface area contributed by atoms with Crippen LogP contribution in [0.2, 0.25) is 5.02 Å². The van der Waals surface area contributed by atoms with Crippen LogP contribution >= 0.6 is 11.6 Å². The predicted molar refractivity (Wildman–Crippen MR) is 103 cm³/mol. The van der Waals surface area contributed by atoms with Crippen LogP contribution in [0.25, 0.3) is 0 Å². The molecule has 1 atom stereocenters. The van der Waals surface area contributed by atoms with Gasteiger partial charge in [0.2, 0.25) is 15.9 Å². The van der Waals surface area contributed by atoms with Gasteiger partial charge in [0.25, 0.3) is 0 Å². The summed E-state index contributed by atoms with van der Waals surface area (Å²) in [6.07, 6.45) is 1.09. The van der Waals surface area contributed by atoms with Crippen molar-refractivity contribution in [3.05, 3.63) is 58.6 Å². The lowest BCUT2D eigenvalue weighted by atomic mass is 10.1. The molecule has 1 amide bonds. The number of rotatable bonds is 6. The number of carbonyl (C=O) groups is 1. The molecule has 0 spiro atoms. The second kappa shape index (κ2) is 8.22. The molecular weight excluding hydrogens is 398 g/mol. The molecule has 9 heteroatoms. The zero-order valence-corrected chi connectivity index (χ0v) is 16.5. The van der Waals surface area contributed by atoms with Gasteiger partial charge in [0.15, 0.2) is 0 Å². The highest BCUT2D eigenvalue weighted by atomic mass is 35.5. The van der Waals surface area contributed by atoms with Crippen LogP contribution in [-0.4, -0.2) is 26.6 Å². The number of nitrogens with zero attached hydrogens (tertiary/aromatic N) is 1. The van der Waals surface area contributed by atoms with Crippen LogP contribution in [0.3, 0.4) is 0 Å². The number of anilines is 2. The van der Waals surface area contributed by atoms with Crippen LogP contribution in [0.4, 0.5) is 20.2 Å². The first-order valence-corrected chi connectivity index (χ1v) is 10.3. The minimum atomic E-state index is -3.85. The number of aryl methyl sites for hydroxylation is 1. The van der Waals surface area contributed by atoms with Gasteiger partial charge in [-0.25, -0.2) is 17.2 Å². The van der Waals surface area contributed by atoms with Crippen molar-refractivity contribution >= 4 is 38.9 Å². The number of sulfonamides is 1. The number of amides is 1. The Morgan fingerprint density at radius 2 is 1.89 bits per heavy atom. The molecule has 0 aliphatic heterocycles. The van der Waals surface area contributed by atoms with Crippen molar-refractivity contribution < 1.29 is 22.0 Å². The molecule has 0 aliphatic carbocycles. The van der Waals surface area contributed by atoms with Gasteiger partial charge in [0.05, 0.1) is 17.6 Å². The summed E-state index contributed by atoms with van der Waals surface area (Å²) in [6.45, 7) is 3.39. The molecule has 0 radical (unpaired) electrons. The fraction of sp³-hybridized carbons (Fsp3) is 0.278. The second-order valence-corrected chi connectivity index (χ2v) is 8.30. The average Bonchev–Trinajstić information content (AvgIpc) is 2.56. The van der Waals surface area contributed by atoms with E-state index in [1.54, 1.807) is 19.9 Å². The molecule has 0 saturated heterocycles. The van der Waals surface area contributed by atoms with Crippen molar-refractivity contribution in [1.29, 1.82) is 0 Å². The Labute approximate surface area is 162 Å². The number of hydrogen-bond donors (Lipinski definition) is 1. The lowest BCUT2D eigenvalue weighted by Gasteiger charge is -2.30. The van der Waals surface area contributed by atoms with Gasteiger partial charge in [-0.1, -0.05) is 24.6 Å². The van der Waals surface area contributed by atoms with E-state index in [2.05, 4.69) is 5.32 Å². The first-order valence-electron chi connectivity index (χ1n) is 8.06. The molecular formula is C18H19ClF2N2O3S.